The molecule has 0 bridgehead atoms. The fourth-order valence-corrected chi connectivity index (χ4v) is 3.37. The molecule has 0 radical (unpaired) electrons. The second-order valence-corrected chi connectivity index (χ2v) is 6.56. The molecule has 1 aromatic carbocycles. The zero-order valence-corrected chi connectivity index (χ0v) is 15.1. The van der Waals surface area contributed by atoms with Gasteiger partial charge in [0.2, 0.25) is 0 Å². The summed E-state index contributed by atoms with van der Waals surface area (Å²) in [7, 11) is 0. The average molecular weight is 368 g/mol. The van der Waals surface area contributed by atoms with E-state index in [1.165, 1.54) is 4.68 Å². The van der Waals surface area contributed by atoms with Crippen LogP contribution in [0.15, 0.2) is 47.5 Å². The summed E-state index contributed by atoms with van der Waals surface area (Å²) in [5.74, 6) is 0.828. The summed E-state index contributed by atoms with van der Waals surface area (Å²) in [5, 5.41) is 4.50. The normalized spacial score (nSPS) is 13.5. The molecule has 0 saturated heterocycles. The van der Waals surface area contributed by atoms with Gasteiger partial charge in [0.25, 0.3) is 5.56 Å². The van der Waals surface area contributed by atoms with Gasteiger partial charge in [-0.1, -0.05) is 36.7 Å². The maximum Gasteiger partial charge on any atom is 0.292 e. The van der Waals surface area contributed by atoms with E-state index < -0.39 is 0 Å². The van der Waals surface area contributed by atoms with Crippen LogP contribution in [0.3, 0.4) is 0 Å². The third-order valence-electron chi connectivity index (χ3n) is 4.55. The van der Waals surface area contributed by atoms with E-state index in [1.54, 1.807) is 6.20 Å². The van der Waals surface area contributed by atoms with Crippen LogP contribution in [0.25, 0.3) is 5.69 Å². The Morgan fingerprint density at radius 1 is 1.19 bits per heavy atom. The summed E-state index contributed by atoms with van der Waals surface area (Å²) < 4.78 is 1.32. The van der Waals surface area contributed by atoms with Gasteiger partial charge in [0, 0.05) is 19.2 Å². The molecule has 132 valence electrons. The molecule has 0 fully saturated rings. The highest BCUT2D eigenvalue weighted by Crippen LogP contribution is 2.27. The number of para-hydroxylation sites is 1. The molecule has 0 aliphatic carbocycles. The van der Waals surface area contributed by atoms with Crippen molar-refractivity contribution in [1.82, 2.24) is 19.7 Å². The monoisotopic (exact) mass is 367 g/mol. The lowest BCUT2D eigenvalue weighted by Crippen LogP contribution is -2.34. The van der Waals surface area contributed by atoms with Crippen molar-refractivity contribution >= 4 is 17.3 Å². The molecule has 0 atom stereocenters. The molecular formula is C19H18ClN5O. The predicted octanol–water partition coefficient (Wildman–Crippen LogP) is 2.80. The van der Waals surface area contributed by atoms with Gasteiger partial charge < -0.3 is 4.90 Å². The number of hydrogen-bond donors (Lipinski definition) is 0. The Kier molecular flexibility index (Phi) is 4.42. The van der Waals surface area contributed by atoms with Crippen LogP contribution < -0.4 is 10.5 Å². The molecular weight excluding hydrogens is 350 g/mol. The van der Waals surface area contributed by atoms with Gasteiger partial charge in [-0.3, -0.25) is 4.79 Å². The van der Waals surface area contributed by atoms with Crippen LogP contribution in [0.2, 0.25) is 5.02 Å². The highest BCUT2D eigenvalue weighted by molar-refractivity contribution is 6.33. The minimum Gasteiger partial charge on any atom is -0.363 e. The molecule has 3 aromatic rings. The molecule has 1 aliphatic rings. The number of anilines is 1. The van der Waals surface area contributed by atoms with Gasteiger partial charge in [0.1, 0.15) is 10.8 Å². The van der Waals surface area contributed by atoms with Crippen molar-refractivity contribution in [3.05, 3.63) is 75.2 Å². The van der Waals surface area contributed by atoms with Gasteiger partial charge in [0.15, 0.2) is 0 Å². The lowest BCUT2D eigenvalue weighted by atomic mass is 10.1. The van der Waals surface area contributed by atoms with E-state index in [0.29, 0.717) is 17.9 Å². The van der Waals surface area contributed by atoms with Crippen LogP contribution in [0.1, 0.15) is 24.0 Å². The van der Waals surface area contributed by atoms with Crippen LogP contribution in [-0.2, 0) is 19.4 Å². The number of nitrogens with zero attached hydrogens (tertiary/aromatic N) is 5. The predicted molar refractivity (Wildman–Crippen MR) is 101 cm³/mol. The Morgan fingerprint density at radius 2 is 2.00 bits per heavy atom. The van der Waals surface area contributed by atoms with Crippen molar-refractivity contribution in [1.29, 1.82) is 0 Å². The van der Waals surface area contributed by atoms with Crippen LogP contribution in [0, 0.1) is 0 Å². The summed E-state index contributed by atoms with van der Waals surface area (Å²) in [5.41, 5.74) is 3.16. The smallest absolute Gasteiger partial charge is 0.292 e. The maximum atomic E-state index is 12.7. The lowest BCUT2D eigenvalue weighted by Gasteiger charge is -2.30. The Labute approximate surface area is 156 Å². The number of rotatable bonds is 3. The summed E-state index contributed by atoms with van der Waals surface area (Å²) in [6.45, 7) is 3.38. The van der Waals surface area contributed by atoms with E-state index in [2.05, 4.69) is 20.0 Å². The van der Waals surface area contributed by atoms with E-state index in [4.69, 9.17) is 11.6 Å². The summed E-state index contributed by atoms with van der Waals surface area (Å²) in [6.07, 6.45) is 5.18. The average Bonchev–Trinajstić information content (AvgIpc) is 2.69. The van der Waals surface area contributed by atoms with E-state index in [0.717, 1.165) is 36.5 Å². The van der Waals surface area contributed by atoms with Crippen LogP contribution in [0.5, 0.6) is 0 Å². The molecule has 26 heavy (non-hydrogen) atoms. The van der Waals surface area contributed by atoms with Gasteiger partial charge in [-0.05, 0) is 24.1 Å². The summed E-state index contributed by atoms with van der Waals surface area (Å²) >= 11 is 6.42. The van der Waals surface area contributed by atoms with Gasteiger partial charge >= 0.3 is 0 Å². The standard InChI is InChI=1S/C19H18ClN5O/c1-2-17-21-10-13-8-9-24(12-15(13)23-17)16-11-22-25(19(26)18(16)20)14-6-4-3-5-7-14/h3-7,10-11H,2,8-9,12H2,1H3. The molecule has 0 amide bonds. The number of aromatic nitrogens is 4. The van der Waals surface area contributed by atoms with Crippen molar-refractivity contribution < 1.29 is 0 Å². The fourth-order valence-electron chi connectivity index (χ4n) is 3.12. The number of benzene rings is 1. The third-order valence-corrected chi connectivity index (χ3v) is 4.91. The molecule has 0 spiro atoms. The molecule has 2 aromatic heterocycles. The number of halogens is 1. The first-order chi connectivity index (χ1) is 12.7. The van der Waals surface area contributed by atoms with Crippen LogP contribution in [-0.4, -0.2) is 26.3 Å². The first-order valence-corrected chi connectivity index (χ1v) is 8.97. The summed E-state index contributed by atoms with van der Waals surface area (Å²) in [4.78, 5) is 23.7. The zero-order valence-electron chi connectivity index (χ0n) is 14.4. The molecule has 0 unspecified atom stereocenters. The molecule has 7 heteroatoms. The first kappa shape index (κ1) is 16.7. The molecule has 0 N–H and O–H groups in total. The molecule has 6 nitrogen and oxygen atoms in total. The van der Waals surface area contributed by atoms with E-state index in [-0.39, 0.29) is 10.6 Å². The highest BCUT2D eigenvalue weighted by Gasteiger charge is 2.22. The van der Waals surface area contributed by atoms with Crippen molar-refractivity contribution in [2.75, 3.05) is 11.4 Å². The molecule has 1 aliphatic heterocycles. The Hall–Kier alpha value is -2.73. The van der Waals surface area contributed by atoms with Gasteiger partial charge in [-0.2, -0.15) is 9.78 Å². The lowest BCUT2D eigenvalue weighted by molar-refractivity contribution is 0.685. The third kappa shape index (κ3) is 2.97. The number of hydrogen-bond acceptors (Lipinski definition) is 5. The van der Waals surface area contributed by atoms with Crippen molar-refractivity contribution in [3.8, 4) is 5.69 Å². The Balaban J connectivity index is 1.69. The minimum atomic E-state index is -0.321. The van der Waals surface area contributed by atoms with Gasteiger partial charge in [-0.25, -0.2) is 9.97 Å². The zero-order chi connectivity index (χ0) is 18.1. The van der Waals surface area contributed by atoms with Crippen LogP contribution in [0.4, 0.5) is 5.69 Å². The molecule has 0 saturated carbocycles. The van der Waals surface area contributed by atoms with E-state index in [9.17, 15) is 4.79 Å². The van der Waals surface area contributed by atoms with Crippen LogP contribution >= 0.6 is 11.6 Å². The van der Waals surface area contributed by atoms with Gasteiger partial charge in [0.05, 0.1) is 29.8 Å². The highest BCUT2D eigenvalue weighted by atomic mass is 35.5. The minimum absolute atomic E-state index is 0.178. The second kappa shape index (κ2) is 6.88. The van der Waals surface area contributed by atoms with Crippen molar-refractivity contribution in [3.63, 3.8) is 0 Å². The first-order valence-electron chi connectivity index (χ1n) is 8.59. The topological polar surface area (TPSA) is 63.9 Å². The van der Waals surface area contributed by atoms with E-state index >= 15 is 0 Å². The number of aryl methyl sites for hydroxylation is 1. The van der Waals surface area contributed by atoms with Gasteiger partial charge in [-0.15, -0.1) is 0 Å². The quantitative estimate of drug-likeness (QED) is 0.712. The molecule has 4 rings (SSSR count). The van der Waals surface area contributed by atoms with E-state index in [1.807, 2.05) is 43.5 Å². The maximum absolute atomic E-state index is 12.7. The second-order valence-electron chi connectivity index (χ2n) is 6.18. The number of fused-ring (bicyclic) bond motifs is 1. The largest absolute Gasteiger partial charge is 0.363 e. The Bertz CT molecular complexity index is 1000. The Morgan fingerprint density at radius 3 is 2.77 bits per heavy atom. The molecule has 3 heterocycles. The van der Waals surface area contributed by atoms with Crippen molar-refractivity contribution in [2.24, 2.45) is 0 Å². The summed E-state index contributed by atoms with van der Waals surface area (Å²) in [6, 6.07) is 9.26. The fraction of sp³-hybridized carbons (Fsp3) is 0.263. The van der Waals surface area contributed by atoms with Crippen molar-refractivity contribution in [2.45, 2.75) is 26.3 Å². The SMILES string of the molecule is CCc1ncc2c(n1)CN(c1cnn(-c3ccccc3)c(=O)c1Cl)CC2.